The maximum Gasteiger partial charge on any atom is 0.271 e. The van der Waals surface area contributed by atoms with Crippen LogP contribution in [0.15, 0.2) is 42.0 Å². The van der Waals surface area contributed by atoms with Crippen molar-refractivity contribution in [3.63, 3.8) is 0 Å². The zero-order chi connectivity index (χ0) is 22.3. The number of amides is 1. The Bertz CT molecular complexity index is 1110. The summed E-state index contributed by atoms with van der Waals surface area (Å²) >= 11 is 6.60. The standard InChI is InChI=1S/C24H27ClN6O/c1-14(29-23-27-11-12-28-23)16-5-6-18(17(13-16)15-3-4-15)30-19-7-10-26-21(20(19)25)22(32)31-24(2)8-9-24/h5-7,10,13,15H,1,3-4,8-9,11-12H2,2H3,(H,26,30)(H,31,32)(H2,27,28,29). The maximum absolute atomic E-state index is 12.7. The summed E-state index contributed by atoms with van der Waals surface area (Å²) in [5.74, 6) is 1.03. The Morgan fingerprint density at radius 1 is 1.22 bits per heavy atom. The molecule has 0 bridgehead atoms. The molecule has 32 heavy (non-hydrogen) atoms. The summed E-state index contributed by atoms with van der Waals surface area (Å²) in [6.45, 7) is 7.91. The Morgan fingerprint density at radius 2 is 1.97 bits per heavy atom. The summed E-state index contributed by atoms with van der Waals surface area (Å²) in [7, 11) is 0. The summed E-state index contributed by atoms with van der Waals surface area (Å²) in [6, 6.07) is 7.99. The summed E-state index contributed by atoms with van der Waals surface area (Å²) < 4.78 is 0. The van der Waals surface area contributed by atoms with Crippen LogP contribution in [0.4, 0.5) is 11.4 Å². The third-order valence-electron chi connectivity index (χ3n) is 6.15. The van der Waals surface area contributed by atoms with Crippen molar-refractivity contribution in [3.05, 3.63) is 58.9 Å². The lowest BCUT2D eigenvalue weighted by molar-refractivity contribution is 0.0930. The van der Waals surface area contributed by atoms with Crippen molar-refractivity contribution in [1.29, 1.82) is 0 Å². The lowest BCUT2D eigenvalue weighted by Gasteiger charge is -2.17. The van der Waals surface area contributed by atoms with Gasteiger partial charge in [-0.05, 0) is 62.3 Å². The lowest BCUT2D eigenvalue weighted by Crippen LogP contribution is -2.34. The molecule has 2 aromatic rings. The van der Waals surface area contributed by atoms with E-state index in [0.29, 0.717) is 22.3 Å². The van der Waals surface area contributed by atoms with E-state index in [1.165, 1.54) is 5.56 Å². The van der Waals surface area contributed by atoms with Crippen LogP contribution in [0.25, 0.3) is 5.70 Å². The van der Waals surface area contributed by atoms with Gasteiger partial charge in [0.1, 0.15) is 5.69 Å². The molecule has 166 valence electrons. The number of aliphatic imine (C=N–C) groups is 1. The van der Waals surface area contributed by atoms with E-state index >= 15 is 0 Å². The van der Waals surface area contributed by atoms with Gasteiger partial charge < -0.3 is 21.3 Å². The van der Waals surface area contributed by atoms with Gasteiger partial charge in [-0.2, -0.15) is 0 Å². The van der Waals surface area contributed by atoms with E-state index in [2.05, 4.69) is 43.9 Å². The van der Waals surface area contributed by atoms with E-state index in [0.717, 1.165) is 56.0 Å². The van der Waals surface area contributed by atoms with Crippen LogP contribution < -0.4 is 21.3 Å². The van der Waals surface area contributed by atoms with Crippen LogP contribution >= 0.6 is 11.6 Å². The number of pyridine rings is 1. The van der Waals surface area contributed by atoms with Crippen molar-refractivity contribution in [3.8, 4) is 0 Å². The highest BCUT2D eigenvalue weighted by Gasteiger charge is 2.39. The van der Waals surface area contributed by atoms with E-state index in [1.54, 1.807) is 12.3 Å². The van der Waals surface area contributed by atoms with E-state index in [-0.39, 0.29) is 17.1 Å². The summed E-state index contributed by atoms with van der Waals surface area (Å²) in [6.07, 6.45) is 5.88. The number of nitrogens with zero attached hydrogens (tertiary/aromatic N) is 2. The number of nitrogens with one attached hydrogen (secondary N) is 4. The largest absolute Gasteiger partial charge is 0.354 e. The van der Waals surface area contributed by atoms with Crippen molar-refractivity contribution in [2.45, 2.75) is 44.1 Å². The zero-order valence-corrected chi connectivity index (χ0v) is 18.9. The third kappa shape index (κ3) is 4.43. The van der Waals surface area contributed by atoms with Gasteiger partial charge in [-0.25, -0.2) is 9.98 Å². The number of aromatic nitrogens is 1. The Balaban J connectivity index is 1.39. The van der Waals surface area contributed by atoms with Crippen LogP contribution in [-0.2, 0) is 0 Å². The zero-order valence-electron chi connectivity index (χ0n) is 18.1. The molecular formula is C24H27ClN6O. The highest BCUT2D eigenvalue weighted by Crippen LogP contribution is 2.45. The fourth-order valence-corrected chi connectivity index (χ4v) is 4.03. The number of hydrogen-bond donors (Lipinski definition) is 4. The molecular weight excluding hydrogens is 424 g/mol. The fraction of sp³-hybridized carbons (Fsp3) is 0.375. The predicted octanol–water partition coefficient (Wildman–Crippen LogP) is 4.16. The first-order valence-electron chi connectivity index (χ1n) is 11.1. The van der Waals surface area contributed by atoms with E-state index < -0.39 is 0 Å². The Kier molecular flexibility index (Phi) is 5.29. The summed E-state index contributed by atoms with van der Waals surface area (Å²) in [4.78, 5) is 21.4. The van der Waals surface area contributed by atoms with Crippen LogP contribution in [-0.4, -0.2) is 35.5 Å². The van der Waals surface area contributed by atoms with Crippen LogP contribution in [0, 0.1) is 0 Å². The SMILES string of the molecule is C=C(N=C1NCCN1)c1ccc(Nc2ccnc(C(=O)NC3(C)CC3)c2Cl)c(C2CC2)c1. The highest BCUT2D eigenvalue weighted by molar-refractivity contribution is 6.36. The average molecular weight is 451 g/mol. The molecule has 1 aliphatic heterocycles. The maximum atomic E-state index is 12.7. The lowest BCUT2D eigenvalue weighted by atomic mass is 10.0. The number of halogens is 1. The van der Waals surface area contributed by atoms with Gasteiger partial charge in [-0.3, -0.25) is 4.79 Å². The molecule has 7 nitrogen and oxygen atoms in total. The van der Waals surface area contributed by atoms with Crippen LogP contribution in [0.1, 0.15) is 60.1 Å². The monoisotopic (exact) mass is 450 g/mol. The first-order chi connectivity index (χ1) is 15.4. The molecule has 0 spiro atoms. The molecule has 3 fully saturated rings. The summed E-state index contributed by atoms with van der Waals surface area (Å²) in [5, 5.41) is 13.2. The van der Waals surface area contributed by atoms with Gasteiger partial charge in [0.15, 0.2) is 5.96 Å². The van der Waals surface area contributed by atoms with Gasteiger partial charge in [-0.15, -0.1) is 0 Å². The molecule has 4 N–H and O–H groups in total. The molecule has 1 amide bonds. The van der Waals surface area contributed by atoms with E-state index in [9.17, 15) is 4.79 Å². The van der Waals surface area contributed by atoms with Gasteiger partial charge >= 0.3 is 0 Å². The van der Waals surface area contributed by atoms with Crippen LogP contribution in [0.2, 0.25) is 5.02 Å². The minimum Gasteiger partial charge on any atom is -0.354 e. The number of hydrogen-bond acceptors (Lipinski definition) is 4. The molecule has 0 atom stereocenters. The van der Waals surface area contributed by atoms with E-state index in [1.807, 2.05) is 19.1 Å². The predicted molar refractivity (Wildman–Crippen MR) is 129 cm³/mol. The van der Waals surface area contributed by atoms with Crippen molar-refractivity contribution in [2.24, 2.45) is 4.99 Å². The molecule has 1 aromatic carbocycles. The highest BCUT2D eigenvalue weighted by atomic mass is 35.5. The number of rotatable bonds is 7. The third-order valence-corrected chi connectivity index (χ3v) is 6.53. The summed E-state index contributed by atoms with van der Waals surface area (Å²) in [5.41, 5.74) is 4.67. The first-order valence-corrected chi connectivity index (χ1v) is 11.4. The minimum atomic E-state index is -0.235. The molecule has 5 rings (SSSR count). The molecule has 1 saturated heterocycles. The number of anilines is 2. The molecule has 8 heteroatoms. The molecule has 1 aromatic heterocycles. The van der Waals surface area contributed by atoms with Crippen LogP contribution in [0.5, 0.6) is 0 Å². The number of carbonyl (C=O) groups is 1. The molecule has 0 radical (unpaired) electrons. The average Bonchev–Trinajstić information content (AvgIpc) is 3.69. The molecule has 3 aliphatic rings. The second-order valence-electron chi connectivity index (χ2n) is 9.00. The Labute approximate surface area is 192 Å². The van der Waals surface area contributed by atoms with Gasteiger partial charge in [0, 0.05) is 36.1 Å². The topological polar surface area (TPSA) is 90.4 Å². The van der Waals surface area contributed by atoms with Crippen molar-refractivity contribution >= 4 is 40.5 Å². The normalized spacial score (nSPS) is 18.4. The van der Waals surface area contributed by atoms with Gasteiger partial charge in [0.05, 0.1) is 16.4 Å². The minimum absolute atomic E-state index is 0.129. The fourth-order valence-electron chi connectivity index (χ4n) is 3.78. The first kappa shape index (κ1) is 20.8. The number of guanidine groups is 1. The van der Waals surface area contributed by atoms with Gasteiger partial charge in [-0.1, -0.05) is 24.2 Å². The second kappa shape index (κ2) is 8.13. The van der Waals surface area contributed by atoms with Crippen molar-refractivity contribution in [1.82, 2.24) is 20.9 Å². The van der Waals surface area contributed by atoms with Crippen molar-refractivity contribution in [2.75, 3.05) is 18.4 Å². The Morgan fingerprint density at radius 3 is 2.66 bits per heavy atom. The number of benzene rings is 1. The van der Waals surface area contributed by atoms with Gasteiger partial charge in [0.25, 0.3) is 5.91 Å². The molecule has 2 aliphatic carbocycles. The number of carbonyl (C=O) groups excluding carboxylic acids is 1. The van der Waals surface area contributed by atoms with E-state index in [4.69, 9.17) is 11.6 Å². The molecule has 2 saturated carbocycles. The molecule has 0 unspecified atom stereocenters. The van der Waals surface area contributed by atoms with Crippen LogP contribution in [0.3, 0.4) is 0 Å². The second-order valence-corrected chi connectivity index (χ2v) is 9.38. The van der Waals surface area contributed by atoms with Crippen molar-refractivity contribution < 1.29 is 4.79 Å². The van der Waals surface area contributed by atoms with Gasteiger partial charge in [0.2, 0.25) is 0 Å². The Hall–Kier alpha value is -3.06. The molecule has 2 heterocycles. The quantitative estimate of drug-likeness (QED) is 0.508. The smallest absolute Gasteiger partial charge is 0.271 e.